The molecule has 0 radical (unpaired) electrons. The van der Waals surface area contributed by atoms with Crippen LogP contribution in [0.5, 0.6) is 5.88 Å². The SMILES string of the molecule is CCOc1cc(N2CCCN(c3nc(C)cs3)CC2)ncn1. The first-order chi connectivity index (χ1) is 10.8. The van der Waals surface area contributed by atoms with Crippen molar-refractivity contribution in [1.29, 1.82) is 0 Å². The first-order valence-corrected chi connectivity index (χ1v) is 8.51. The summed E-state index contributed by atoms with van der Waals surface area (Å²) >= 11 is 1.72. The van der Waals surface area contributed by atoms with E-state index in [4.69, 9.17) is 4.74 Å². The lowest BCUT2D eigenvalue weighted by Gasteiger charge is -2.22. The first-order valence-electron chi connectivity index (χ1n) is 7.63. The molecule has 2 aromatic heterocycles. The quantitative estimate of drug-likeness (QED) is 0.862. The summed E-state index contributed by atoms with van der Waals surface area (Å²) in [5, 5.41) is 3.23. The fraction of sp³-hybridized carbons (Fsp3) is 0.533. The van der Waals surface area contributed by atoms with E-state index < -0.39 is 0 Å². The van der Waals surface area contributed by atoms with Crippen molar-refractivity contribution in [3.05, 3.63) is 23.5 Å². The van der Waals surface area contributed by atoms with Gasteiger partial charge in [0.15, 0.2) is 5.13 Å². The molecule has 2 aromatic rings. The molecule has 1 saturated heterocycles. The maximum atomic E-state index is 5.47. The summed E-state index contributed by atoms with van der Waals surface area (Å²) in [7, 11) is 0. The molecule has 0 bridgehead atoms. The van der Waals surface area contributed by atoms with Crippen LogP contribution in [0.2, 0.25) is 0 Å². The minimum Gasteiger partial charge on any atom is -0.478 e. The van der Waals surface area contributed by atoms with Crippen LogP contribution in [0.15, 0.2) is 17.8 Å². The van der Waals surface area contributed by atoms with Crippen LogP contribution in [0.3, 0.4) is 0 Å². The Balaban J connectivity index is 1.68. The van der Waals surface area contributed by atoms with Gasteiger partial charge >= 0.3 is 0 Å². The molecule has 7 heteroatoms. The van der Waals surface area contributed by atoms with Gasteiger partial charge in [-0.05, 0) is 20.3 Å². The summed E-state index contributed by atoms with van der Waals surface area (Å²) in [6, 6.07) is 1.92. The van der Waals surface area contributed by atoms with Gasteiger partial charge in [-0.1, -0.05) is 0 Å². The molecule has 0 unspecified atom stereocenters. The van der Waals surface area contributed by atoms with Gasteiger partial charge in [-0.25, -0.2) is 15.0 Å². The molecule has 3 rings (SSSR count). The molecule has 1 aliphatic heterocycles. The van der Waals surface area contributed by atoms with Gasteiger partial charge in [0.25, 0.3) is 0 Å². The van der Waals surface area contributed by atoms with Crippen LogP contribution in [0.1, 0.15) is 19.0 Å². The number of anilines is 2. The Hall–Kier alpha value is -1.89. The number of thiazole rings is 1. The zero-order valence-corrected chi connectivity index (χ0v) is 13.8. The highest BCUT2D eigenvalue weighted by Crippen LogP contribution is 2.23. The highest BCUT2D eigenvalue weighted by atomic mass is 32.1. The normalized spacial score (nSPS) is 15.7. The lowest BCUT2D eigenvalue weighted by Crippen LogP contribution is -2.31. The van der Waals surface area contributed by atoms with Crippen molar-refractivity contribution in [2.45, 2.75) is 20.3 Å². The van der Waals surface area contributed by atoms with Crippen LogP contribution in [0, 0.1) is 6.92 Å². The molecule has 0 atom stereocenters. The smallest absolute Gasteiger partial charge is 0.218 e. The third-order valence-corrected chi connectivity index (χ3v) is 4.64. The fourth-order valence-corrected chi connectivity index (χ4v) is 3.41. The molecule has 0 aliphatic carbocycles. The standard InChI is InChI=1S/C15H21N5OS/c1-3-21-14-9-13(16-11-17-14)19-5-4-6-20(8-7-19)15-18-12(2)10-22-15/h9-11H,3-8H2,1-2H3. The highest BCUT2D eigenvalue weighted by Gasteiger charge is 2.18. The van der Waals surface area contributed by atoms with Crippen LogP contribution in [-0.2, 0) is 0 Å². The molecule has 0 aromatic carbocycles. The Bertz CT molecular complexity index is 617. The molecule has 118 valence electrons. The fourth-order valence-electron chi connectivity index (χ4n) is 2.55. The predicted molar refractivity (Wildman–Crippen MR) is 89.1 cm³/mol. The molecule has 1 fully saturated rings. The van der Waals surface area contributed by atoms with Gasteiger partial charge in [-0.2, -0.15) is 0 Å². The van der Waals surface area contributed by atoms with E-state index in [-0.39, 0.29) is 0 Å². The van der Waals surface area contributed by atoms with Crippen molar-refractivity contribution >= 4 is 22.3 Å². The van der Waals surface area contributed by atoms with Gasteiger partial charge < -0.3 is 14.5 Å². The van der Waals surface area contributed by atoms with Crippen LogP contribution >= 0.6 is 11.3 Å². The van der Waals surface area contributed by atoms with Gasteiger partial charge in [0.2, 0.25) is 5.88 Å². The topological polar surface area (TPSA) is 54.4 Å². The summed E-state index contributed by atoms with van der Waals surface area (Å²) in [5.41, 5.74) is 1.10. The molecule has 0 N–H and O–H groups in total. The zero-order valence-electron chi connectivity index (χ0n) is 13.0. The number of nitrogens with zero attached hydrogens (tertiary/aromatic N) is 5. The van der Waals surface area contributed by atoms with E-state index in [1.807, 2.05) is 19.9 Å². The summed E-state index contributed by atoms with van der Waals surface area (Å²) in [6.07, 6.45) is 2.67. The van der Waals surface area contributed by atoms with E-state index in [2.05, 4.69) is 30.1 Å². The Morgan fingerprint density at radius 3 is 2.77 bits per heavy atom. The van der Waals surface area contributed by atoms with E-state index >= 15 is 0 Å². The summed E-state index contributed by atoms with van der Waals surface area (Å²) in [4.78, 5) is 17.8. The third-order valence-electron chi connectivity index (χ3n) is 3.62. The predicted octanol–water partition coefficient (Wildman–Crippen LogP) is 2.36. The minimum absolute atomic E-state index is 0.619. The molecular weight excluding hydrogens is 298 g/mol. The van der Waals surface area contributed by atoms with Crippen molar-refractivity contribution < 1.29 is 4.74 Å². The number of aromatic nitrogens is 3. The van der Waals surface area contributed by atoms with Crippen LogP contribution in [-0.4, -0.2) is 47.7 Å². The number of hydrogen-bond donors (Lipinski definition) is 0. The van der Waals surface area contributed by atoms with Crippen molar-refractivity contribution in [3.8, 4) is 5.88 Å². The van der Waals surface area contributed by atoms with Gasteiger partial charge in [-0.3, -0.25) is 0 Å². The maximum Gasteiger partial charge on any atom is 0.218 e. The van der Waals surface area contributed by atoms with Crippen molar-refractivity contribution in [3.63, 3.8) is 0 Å². The van der Waals surface area contributed by atoms with Crippen LogP contribution in [0.4, 0.5) is 10.9 Å². The summed E-state index contributed by atoms with van der Waals surface area (Å²) < 4.78 is 5.47. The highest BCUT2D eigenvalue weighted by molar-refractivity contribution is 7.13. The molecule has 22 heavy (non-hydrogen) atoms. The van der Waals surface area contributed by atoms with E-state index in [1.165, 1.54) is 0 Å². The summed E-state index contributed by atoms with van der Waals surface area (Å²) in [5.74, 6) is 1.58. The molecule has 3 heterocycles. The molecule has 0 saturated carbocycles. The number of aryl methyl sites for hydroxylation is 1. The lowest BCUT2D eigenvalue weighted by atomic mass is 10.4. The van der Waals surface area contributed by atoms with Gasteiger partial charge in [-0.15, -0.1) is 11.3 Å². The number of rotatable bonds is 4. The second-order valence-corrected chi connectivity index (χ2v) is 6.08. The second-order valence-electron chi connectivity index (χ2n) is 5.25. The van der Waals surface area contributed by atoms with Gasteiger partial charge in [0.05, 0.1) is 12.3 Å². The second kappa shape index (κ2) is 6.91. The van der Waals surface area contributed by atoms with Crippen LogP contribution in [0.25, 0.3) is 0 Å². The zero-order chi connectivity index (χ0) is 15.4. The average molecular weight is 319 g/mol. The Labute approximate surface area is 134 Å². The first kappa shape index (κ1) is 15.0. The van der Waals surface area contributed by atoms with E-state index in [1.54, 1.807) is 17.7 Å². The van der Waals surface area contributed by atoms with E-state index in [0.29, 0.717) is 12.5 Å². The van der Waals surface area contributed by atoms with Gasteiger partial charge in [0, 0.05) is 37.6 Å². The molecule has 1 aliphatic rings. The van der Waals surface area contributed by atoms with E-state index in [0.717, 1.165) is 49.2 Å². The number of hydrogen-bond acceptors (Lipinski definition) is 7. The van der Waals surface area contributed by atoms with Crippen molar-refractivity contribution in [1.82, 2.24) is 15.0 Å². The maximum absolute atomic E-state index is 5.47. The Morgan fingerprint density at radius 2 is 2.00 bits per heavy atom. The third kappa shape index (κ3) is 3.47. The number of ether oxygens (including phenoxy) is 1. The van der Waals surface area contributed by atoms with Crippen LogP contribution < -0.4 is 14.5 Å². The summed E-state index contributed by atoms with van der Waals surface area (Å²) in [6.45, 7) is 8.54. The van der Waals surface area contributed by atoms with E-state index in [9.17, 15) is 0 Å². The Kier molecular flexibility index (Phi) is 4.72. The van der Waals surface area contributed by atoms with Gasteiger partial charge in [0.1, 0.15) is 12.1 Å². The average Bonchev–Trinajstić information content (AvgIpc) is 2.82. The Morgan fingerprint density at radius 1 is 1.18 bits per heavy atom. The largest absolute Gasteiger partial charge is 0.478 e. The molecule has 0 spiro atoms. The molecule has 0 amide bonds. The minimum atomic E-state index is 0.619. The molecular formula is C15H21N5OS. The lowest BCUT2D eigenvalue weighted by molar-refractivity contribution is 0.326. The van der Waals surface area contributed by atoms with Crippen molar-refractivity contribution in [2.75, 3.05) is 42.6 Å². The molecule has 6 nitrogen and oxygen atoms in total. The van der Waals surface area contributed by atoms with Crippen molar-refractivity contribution in [2.24, 2.45) is 0 Å². The monoisotopic (exact) mass is 319 g/mol.